The fourth-order valence-electron chi connectivity index (χ4n) is 4.80. The van der Waals surface area contributed by atoms with E-state index in [1.54, 1.807) is 60.9 Å². The highest BCUT2D eigenvalue weighted by molar-refractivity contribution is 6.46. The van der Waals surface area contributed by atoms with Gasteiger partial charge in [-0.05, 0) is 65.9 Å². The second-order valence-electron chi connectivity index (χ2n) is 10.1. The predicted octanol–water partition coefficient (Wildman–Crippen LogP) is 4.91. The quantitative estimate of drug-likeness (QED) is 0.230. The van der Waals surface area contributed by atoms with Gasteiger partial charge in [0.05, 0.1) is 25.3 Å². The van der Waals surface area contributed by atoms with Crippen molar-refractivity contribution >= 4 is 17.4 Å². The first kappa shape index (κ1) is 27.1. The van der Waals surface area contributed by atoms with Crippen LogP contribution >= 0.6 is 0 Å². The fraction of sp³-hybridized carbons (Fsp3) is 0.323. The molecule has 208 valence electrons. The molecule has 2 aliphatic heterocycles. The van der Waals surface area contributed by atoms with Crippen LogP contribution in [0.25, 0.3) is 5.76 Å². The van der Waals surface area contributed by atoms with Crippen molar-refractivity contribution in [1.82, 2.24) is 9.88 Å². The number of rotatable bonds is 9. The number of ether oxygens (including phenoxy) is 4. The molecular formula is C31H32N2O7. The summed E-state index contributed by atoms with van der Waals surface area (Å²) in [5, 5.41) is 11.5. The van der Waals surface area contributed by atoms with Gasteiger partial charge in [0, 0.05) is 24.5 Å². The molecule has 9 nitrogen and oxygen atoms in total. The van der Waals surface area contributed by atoms with Gasteiger partial charge in [0.15, 0.2) is 23.0 Å². The summed E-state index contributed by atoms with van der Waals surface area (Å²) in [5.41, 5.74) is 1.71. The molecule has 0 aliphatic carbocycles. The standard InChI is InChI=1S/C31H32N2O7/c1-19(2)10-13-38-23-6-4-21(16-25(23)37-3)28-27(29(34)22-5-7-24-26(17-22)40-15-14-39-24)30(35)31(36)33(28)18-20-8-11-32-12-9-20/h4-9,11-12,16-17,19,28,34H,10,13-15,18H2,1-3H3/b29-27+. The number of pyridine rings is 1. The van der Waals surface area contributed by atoms with Crippen molar-refractivity contribution in [2.45, 2.75) is 32.9 Å². The number of likely N-dealkylation sites (tertiary alicyclic amines) is 1. The highest BCUT2D eigenvalue weighted by atomic mass is 16.6. The van der Waals surface area contributed by atoms with E-state index in [0.29, 0.717) is 59.9 Å². The summed E-state index contributed by atoms with van der Waals surface area (Å²) in [5.74, 6) is 0.741. The molecule has 40 heavy (non-hydrogen) atoms. The number of hydrogen-bond donors (Lipinski definition) is 1. The number of aliphatic hydroxyl groups is 1. The molecule has 1 aromatic heterocycles. The van der Waals surface area contributed by atoms with Gasteiger partial charge in [0.25, 0.3) is 11.7 Å². The number of hydrogen-bond acceptors (Lipinski definition) is 8. The minimum atomic E-state index is -0.875. The maximum Gasteiger partial charge on any atom is 0.295 e. The molecule has 5 rings (SSSR count). The van der Waals surface area contributed by atoms with Crippen molar-refractivity contribution in [2.24, 2.45) is 5.92 Å². The third-order valence-electron chi connectivity index (χ3n) is 6.91. The number of methoxy groups -OCH3 is 1. The Morgan fingerprint density at radius 1 is 1.02 bits per heavy atom. The van der Waals surface area contributed by atoms with E-state index in [2.05, 4.69) is 18.8 Å². The first-order valence-electron chi connectivity index (χ1n) is 13.3. The monoisotopic (exact) mass is 544 g/mol. The SMILES string of the molecule is COc1cc(C2/C(=C(\O)c3ccc4c(c3)OCCO4)C(=O)C(=O)N2Cc2ccncc2)ccc1OCCC(C)C. The fourth-order valence-corrected chi connectivity index (χ4v) is 4.80. The Morgan fingerprint density at radius 2 is 1.77 bits per heavy atom. The summed E-state index contributed by atoms with van der Waals surface area (Å²) in [6.45, 7) is 5.72. The Morgan fingerprint density at radius 3 is 2.50 bits per heavy atom. The van der Waals surface area contributed by atoms with Crippen molar-refractivity contribution in [3.05, 3.63) is 83.2 Å². The first-order chi connectivity index (χ1) is 19.4. The van der Waals surface area contributed by atoms with Gasteiger partial charge in [-0.1, -0.05) is 19.9 Å². The van der Waals surface area contributed by atoms with Crippen LogP contribution in [0.2, 0.25) is 0 Å². The molecule has 2 aromatic carbocycles. The highest BCUT2D eigenvalue weighted by Crippen LogP contribution is 2.43. The lowest BCUT2D eigenvalue weighted by atomic mass is 9.94. The molecule has 3 heterocycles. The number of benzene rings is 2. The number of carbonyl (C=O) groups excluding carboxylic acids is 2. The zero-order valence-corrected chi connectivity index (χ0v) is 22.8. The summed E-state index contributed by atoms with van der Waals surface area (Å²) < 4.78 is 22.8. The zero-order valence-electron chi connectivity index (χ0n) is 22.8. The van der Waals surface area contributed by atoms with Crippen LogP contribution in [0.15, 0.2) is 66.5 Å². The maximum absolute atomic E-state index is 13.5. The molecule has 0 bridgehead atoms. The van der Waals surface area contributed by atoms with E-state index in [0.717, 1.165) is 12.0 Å². The molecule has 3 aromatic rings. The number of aliphatic hydroxyl groups excluding tert-OH is 1. The maximum atomic E-state index is 13.5. The molecule has 1 fully saturated rings. The summed E-state index contributed by atoms with van der Waals surface area (Å²) in [7, 11) is 1.54. The number of fused-ring (bicyclic) bond motifs is 1. The van der Waals surface area contributed by atoms with E-state index in [4.69, 9.17) is 18.9 Å². The third-order valence-corrected chi connectivity index (χ3v) is 6.91. The van der Waals surface area contributed by atoms with Crippen LogP contribution in [-0.2, 0) is 16.1 Å². The second-order valence-corrected chi connectivity index (χ2v) is 10.1. The van der Waals surface area contributed by atoms with Crippen molar-refractivity contribution in [3.63, 3.8) is 0 Å². The Bertz CT molecular complexity index is 1430. The smallest absolute Gasteiger partial charge is 0.295 e. The molecular weight excluding hydrogens is 512 g/mol. The summed E-state index contributed by atoms with van der Waals surface area (Å²) in [4.78, 5) is 32.4. The number of amides is 1. The van der Waals surface area contributed by atoms with Crippen LogP contribution in [0.1, 0.15) is 43.0 Å². The predicted molar refractivity (Wildman–Crippen MR) is 147 cm³/mol. The molecule has 0 spiro atoms. The van der Waals surface area contributed by atoms with Gasteiger partial charge in [-0.3, -0.25) is 14.6 Å². The summed E-state index contributed by atoms with van der Waals surface area (Å²) in [6.07, 6.45) is 4.14. The van der Waals surface area contributed by atoms with Crippen LogP contribution in [-0.4, -0.2) is 53.6 Å². The minimum absolute atomic E-state index is 0.0220. The van der Waals surface area contributed by atoms with E-state index in [-0.39, 0.29) is 17.9 Å². The topological polar surface area (TPSA) is 107 Å². The van der Waals surface area contributed by atoms with Crippen molar-refractivity contribution in [2.75, 3.05) is 26.9 Å². The number of aromatic nitrogens is 1. The van der Waals surface area contributed by atoms with Gasteiger partial charge >= 0.3 is 0 Å². The van der Waals surface area contributed by atoms with Crippen LogP contribution < -0.4 is 18.9 Å². The molecule has 9 heteroatoms. The van der Waals surface area contributed by atoms with E-state index in [9.17, 15) is 14.7 Å². The van der Waals surface area contributed by atoms with Gasteiger partial charge in [-0.15, -0.1) is 0 Å². The second kappa shape index (κ2) is 11.7. The van der Waals surface area contributed by atoms with E-state index < -0.39 is 17.7 Å². The number of Topliss-reactive ketones (excluding diaryl/α,β-unsaturated/α-hetero) is 1. The Balaban J connectivity index is 1.59. The van der Waals surface area contributed by atoms with Crippen LogP contribution in [0.5, 0.6) is 23.0 Å². The van der Waals surface area contributed by atoms with Gasteiger partial charge in [-0.25, -0.2) is 0 Å². The molecule has 1 atom stereocenters. The summed E-state index contributed by atoms with van der Waals surface area (Å²) in [6, 6.07) is 12.9. The average Bonchev–Trinajstić information content (AvgIpc) is 3.22. The lowest BCUT2D eigenvalue weighted by Crippen LogP contribution is -2.29. The third kappa shape index (κ3) is 5.45. The Hall–Kier alpha value is -4.53. The average molecular weight is 545 g/mol. The van der Waals surface area contributed by atoms with E-state index >= 15 is 0 Å². The van der Waals surface area contributed by atoms with Gasteiger partial charge < -0.3 is 29.0 Å². The lowest BCUT2D eigenvalue weighted by Gasteiger charge is -2.26. The molecule has 2 aliphatic rings. The molecule has 1 unspecified atom stereocenters. The highest BCUT2D eigenvalue weighted by Gasteiger charge is 2.46. The molecule has 0 radical (unpaired) electrons. The number of ketones is 1. The number of nitrogens with zero attached hydrogens (tertiary/aromatic N) is 2. The van der Waals surface area contributed by atoms with E-state index in [1.165, 1.54) is 12.0 Å². The Kier molecular flexibility index (Phi) is 7.91. The molecule has 0 saturated carbocycles. The molecule has 1 saturated heterocycles. The van der Waals surface area contributed by atoms with Gasteiger partial charge in [-0.2, -0.15) is 0 Å². The lowest BCUT2D eigenvalue weighted by molar-refractivity contribution is -0.140. The normalized spacial score (nSPS) is 17.8. The zero-order chi connectivity index (χ0) is 28.2. The van der Waals surface area contributed by atoms with E-state index in [1.807, 2.05) is 0 Å². The summed E-state index contributed by atoms with van der Waals surface area (Å²) >= 11 is 0. The van der Waals surface area contributed by atoms with Crippen LogP contribution in [0.4, 0.5) is 0 Å². The molecule has 1 amide bonds. The largest absolute Gasteiger partial charge is 0.507 e. The molecule has 1 N–H and O–H groups in total. The van der Waals surface area contributed by atoms with Crippen LogP contribution in [0.3, 0.4) is 0 Å². The number of carbonyl (C=O) groups is 2. The van der Waals surface area contributed by atoms with Gasteiger partial charge in [0.2, 0.25) is 0 Å². The minimum Gasteiger partial charge on any atom is -0.507 e. The first-order valence-corrected chi connectivity index (χ1v) is 13.3. The van der Waals surface area contributed by atoms with Crippen molar-refractivity contribution < 1.29 is 33.6 Å². The van der Waals surface area contributed by atoms with Crippen molar-refractivity contribution in [3.8, 4) is 23.0 Å². The van der Waals surface area contributed by atoms with Gasteiger partial charge in [0.1, 0.15) is 19.0 Å². The van der Waals surface area contributed by atoms with Crippen LogP contribution in [0, 0.1) is 5.92 Å². The van der Waals surface area contributed by atoms with Crippen molar-refractivity contribution in [1.29, 1.82) is 0 Å². The Labute approximate surface area is 233 Å².